The molecule has 0 aromatic carbocycles. The van der Waals surface area contributed by atoms with Crippen LogP contribution in [-0.4, -0.2) is 40.7 Å². The van der Waals surface area contributed by atoms with Crippen molar-refractivity contribution in [1.82, 2.24) is 0 Å². The van der Waals surface area contributed by atoms with E-state index in [1.165, 1.54) is 0 Å². The van der Waals surface area contributed by atoms with Gasteiger partial charge < -0.3 is 0 Å². The van der Waals surface area contributed by atoms with Gasteiger partial charge >= 0.3 is 200 Å². The van der Waals surface area contributed by atoms with E-state index < -0.39 is 40.7 Å². The van der Waals surface area contributed by atoms with Crippen LogP contribution in [-0.2, 0) is 22.9 Å². The molecule has 0 aliphatic rings. The Balaban J connectivity index is 4.74. The number of hydrogen-bond acceptors (Lipinski definition) is 6. The molecule has 0 atom stereocenters. The van der Waals surface area contributed by atoms with Gasteiger partial charge in [0.05, 0.1) is 0 Å². The van der Waals surface area contributed by atoms with E-state index in [4.69, 9.17) is 8.56 Å². The molecule has 180 valence electrons. The van der Waals surface area contributed by atoms with Crippen molar-refractivity contribution in [2.45, 2.75) is 120 Å². The first-order chi connectivity index (χ1) is 14.0. The van der Waals surface area contributed by atoms with Crippen molar-refractivity contribution in [2.75, 3.05) is 0 Å². The topological polar surface area (TPSA) is 78.9 Å². The van der Waals surface area contributed by atoms with Crippen LogP contribution in [0, 0.1) is 16.2 Å². The Morgan fingerprint density at radius 1 is 0.516 bits per heavy atom. The Kier molecular flexibility index (Phi) is 13.4. The van der Waals surface area contributed by atoms with E-state index in [0.29, 0.717) is 19.3 Å². The molecule has 0 aliphatic heterocycles. The number of hydrogen-bond donors (Lipinski definition) is 0. The summed E-state index contributed by atoms with van der Waals surface area (Å²) in [6.45, 7) is 19.0. The molecule has 0 amide bonds. The van der Waals surface area contributed by atoms with Crippen LogP contribution < -0.4 is 0 Å². The van der Waals surface area contributed by atoms with Gasteiger partial charge in [0, 0.05) is 0 Å². The predicted octanol–water partition coefficient (Wildman–Crippen LogP) is 6.25. The maximum atomic E-state index is 12.2. The van der Waals surface area contributed by atoms with Crippen molar-refractivity contribution in [3.8, 4) is 0 Å². The number of rotatable bonds is 12. The Hall–Kier alpha value is -0.720. The maximum absolute atomic E-state index is 12.2. The van der Waals surface area contributed by atoms with Crippen LogP contribution in [0.1, 0.15) is 120 Å². The van der Waals surface area contributed by atoms with E-state index >= 15 is 0 Å². The summed E-state index contributed by atoms with van der Waals surface area (Å²) < 4.78 is 16.2. The molecule has 0 N–H and O–H groups in total. The van der Waals surface area contributed by atoms with Gasteiger partial charge in [0.1, 0.15) is 0 Å². The third-order valence-corrected chi connectivity index (χ3v) is 8.50. The second-order valence-electron chi connectivity index (χ2n) is 12.0. The summed E-state index contributed by atoms with van der Waals surface area (Å²) in [7, 11) is 0. The van der Waals surface area contributed by atoms with Gasteiger partial charge in [0.2, 0.25) is 0 Å². The fourth-order valence-electron chi connectivity index (χ4n) is 2.86. The van der Waals surface area contributed by atoms with E-state index in [0.717, 1.165) is 19.3 Å². The van der Waals surface area contributed by atoms with Crippen LogP contribution in [0.4, 0.5) is 0 Å². The predicted molar refractivity (Wildman–Crippen MR) is 124 cm³/mol. The van der Waals surface area contributed by atoms with Crippen LogP contribution in [0.2, 0.25) is 0 Å². The minimum atomic E-state index is -4.02. The van der Waals surface area contributed by atoms with E-state index in [1.807, 2.05) is 0 Å². The summed E-state index contributed by atoms with van der Waals surface area (Å²) in [4.78, 5) is 36.7. The summed E-state index contributed by atoms with van der Waals surface area (Å²) in [5, 5.41) is 0. The normalized spacial score (nSPS) is 12.3. The second kappa shape index (κ2) is 13.7. The molecule has 0 aromatic heterocycles. The average molecular weight is 544 g/mol. The summed E-state index contributed by atoms with van der Waals surface area (Å²) in [5.74, 6) is -1.35. The van der Waals surface area contributed by atoms with Crippen LogP contribution in [0.3, 0.4) is 0 Å². The van der Waals surface area contributed by atoms with Gasteiger partial charge in [-0.2, -0.15) is 0 Å². The Bertz CT molecular complexity index is 485. The van der Waals surface area contributed by atoms with Crippen molar-refractivity contribution in [2.24, 2.45) is 16.2 Å². The Morgan fingerprint density at radius 3 is 0.935 bits per heavy atom. The van der Waals surface area contributed by atoms with Gasteiger partial charge in [0.25, 0.3) is 0 Å². The molecule has 0 saturated heterocycles. The molecular formula is C24H45InO6. The molecule has 7 heteroatoms. The zero-order chi connectivity index (χ0) is 24.3. The first-order valence-electron chi connectivity index (χ1n) is 11.6. The molecule has 0 heterocycles. The third kappa shape index (κ3) is 20.9. The van der Waals surface area contributed by atoms with Crippen molar-refractivity contribution in [1.29, 1.82) is 0 Å². The third-order valence-electron chi connectivity index (χ3n) is 4.61. The van der Waals surface area contributed by atoms with Gasteiger partial charge in [-0.15, -0.1) is 0 Å². The summed E-state index contributed by atoms with van der Waals surface area (Å²) in [5.41, 5.74) is 0.381. The zero-order valence-corrected chi connectivity index (χ0v) is 24.7. The molecule has 0 aromatic rings. The van der Waals surface area contributed by atoms with E-state index in [9.17, 15) is 14.4 Å². The van der Waals surface area contributed by atoms with E-state index in [1.54, 1.807) is 0 Å². The van der Waals surface area contributed by atoms with Gasteiger partial charge in [-0.3, -0.25) is 0 Å². The molecule has 0 radical (unpaired) electrons. The van der Waals surface area contributed by atoms with Crippen LogP contribution in [0.15, 0.2) is 0 Å². The van der Waals surface area contributed by atoms with Crippen molar-refractivity contribution in [3.05, 3.63) is 0 Å². The molecule has 6 nitrogen and oxygen atoms in total. The summed E-state index contributed by atoms with van der Waals surface area (Å²) >= 11 is -4.02. The fraction of sp³-hybridized carbons (Fsp3) is 0.875. The van der Waals surface area contributed by atoms with Gasteiger partial charge in [-0.05, 0) is 0 Å². The summed E-state index contributed by atoms with van der Waals surface area (Å²) in [6.07, 6.45) is 5.36. The monoisotopic (exact) mass is 544 g/mol. The fourth-order valence-corrected chi connectivity index (χ4v) is 6.12. The van der Waals surface area contributed by atoms with Gasteiger partial charge in [0.15, 0.2) is 0 Å². The summed E-state index contributed by atoms with van der Waals surface area (Å²) in [6, 6.07) is 0. The van der Waals surface area contributed by atoms with Crippen LogP contribution in [0.5, 0.6) is 0 Å². The number of carbonyl (C=O) groups excluding carboxylic acids is 3. The second-order valence-corrected chi connectivity index (χ2v) is 15.7. The van der Waals surface area contributed by atoms with Crippen molar-refractivity contribution < 1.29 is 22.9 Å². The molecule has 0 aliphatic carbocycles. The average Bonchev–Trinajstić information content (AvgIpc) is 2.50. The van der Waals surface area contributed by atoms with Gasteiger partial charge in [-0.1, -0.05) is 0 Å². The molecule has 31 heavy (non-hydrogen) atoms. The van der Waals surface area contributed by atoms with E-state index in [2.05, 4.69) is 62.3 Å². The first-order valence-corrected chi connectivity index (χ1v) is 15.6. The minimum absolute atomic E-state index is 0.127. The standard InChI is InChI=1S/3C8H16O2.In/c3*1-8(2,3)6-4-5-7(9)10;/h3*4-6H2,1-3H3,(H,9,10);/q;;;+3/p-3. The Labute approximate surface area is 199 Å². The molecule has 0 bridgehead atoms. The molecule has 0 unspecified atom stereocenters. The SMILES string of the molecule is CC(C)(C)CCCC(=O)[O][In]([O]C(=O)CCCC(C)(C)C)[O]C(=O)CCCC(C)(C)C. The van der Waals surface area contributed by atoms with E-state index in [-0.39, 0.29) is 35.5 Å². The molecule has 0 saturated carbocycles. The van der Waals surface area contributed by atoms with Crippen LogP contribution >= 0.6 is 0 Å². The molecule has 0 rings (SSSR count). The van der Waals surface area contributed by atoms with Crippen LogP contribution in [0.25, 0.3) is 0 Å². The molecular weight excluding hydrogens is 499 g/mol. The number of carbonyl (C=O) groups is 3. The zero-order valence-electron chi connectivity index (χ0n) is 21.4. The molecule has 0 spiro atoms. The Morgan fingerprint density at radius 2 is 0.742 bits per heavy atom. The first kappa shape index (κ1) is 30.3. The van der Waals surface area contributed by atoms with Gasteiger partial charge in [-0.25, -0.2) is 0 Å². The van der Waals surface area contributed by atoms with Crippen molar-refractivity contribution in [3.63, 3.8) is 0 Å². The quantitative estimate of drug-likeness (QED) is 0.289. The van der Waals surface area contributed by atoms with Crippen molar-refractivity contribution >= 4 is 40.7 Å². The molecule has 0 fully saturated rings.